The monoisotopic (exact) mass is 229 g/mol. The molecule has 0 bridgehead atoms. The minimum Gasteiger partial charge on any atom is -0.356 e. The highest BCUT2D eigenvalue weighted by Crippen LogP contribution is 2.07. The predicted octanol–water partition coefficient (Wildman–Crippen LogP) is 1.39. The third-order valence-electron chi connectivity index (χ3n) is 2.13. The van der Waals surface area contributed by atoms with Crippen LogP contribution in [0.15, 0.2) is 6.20 Å². The van der Waals surface area contributed by atoms with Gasteiger partial charge in [0.05, 0.1) is 5.69 Å². The summed E-state index contributed by atoms with van der Waals surface area (Å²) in [6.45, 7) is 5.82. The maximum absolute atomic E-state index is 10.8. The standard InChI is InChI=1S/C10H19N3OS/c1-4-13-8-9(2)12-10(13)11-6-5-7-15(3)14/h8H,4-7H2,1-3H3,(H,11,12). The Labute approximate surface area is 93.5 Å². The Morgan fingerprint density at radius 1 is 1.60 bits per heavy atom. The minimum atomic E-state index is -0.693. The fraction of sp³-hybridized carbons (Fsp3) is 0.700. The summed E-state index contributed by atoms with van der Waals surface area (Å²) in [6.07, 6.45) is 4.68. The second-order valence-corrected chi connectivity index (χ2v) is 5.10. The van der Waals surface area contributed by atoms with Crippen molar-refractivity contribution in [2.75, 3.05) is 23.9 Å². The molecular formula is C10H19N3OS. The Balaban J connectivity index is 2.39. The van der Waals surface area contributed by atoms with Crippen molar-refractivity contribution in [3.05, 3.63) is 11.9 Å². The maximum Gasteiger partial charge on any atom is 0.203 e. The number of imidazole rings is 1. The first-order chi connectivity index (χ1) is 7.13. The zero-order valence-corrected chi connectivity index (χ0v) is 10.4. The van der Waals surface area contributed by atoms with Gasteiger partial charge in [0.15, 0.2) is 0 Å². The summed E-state index contributed by atoms with van der Waals surface area (Å²) >= 11 is 0. The van der Waals surface area contributed by atoms with Gasteiger partial charge in [-0.15, -0.1) is 0 Å². The Hall–Kier alpha value is -0.840. The molecule has 1 rings (SSSR count). The molecule has 0 aliphatic heterocycles. The molecule has 0 radical (unpaired) electrons. The van der Waals surface area contributed by atoms with Crippen molar-refractivity contribution in [1.82, 2.24) is 9.55 Å². The summed E-state index contributed by atoms with van der Waals surface area (Å²) in [5.41, 5.74) is 1.03. The highest BCUT2D eigenvalue weighted by atomic mass is 32.2. The summed E-state index contributed by atoms with van der Waals surface area (Å²) in [5.74, 6) is 1.66. The van der Waals surface area contributed by atoms with Gasteiger partial charge in [0, 0.05) is 42.1 Å². The maximum atomic E-state index is 10.8. The Bertz CT molecular complexity index is 335. The molecule has 15 heavy (non-hydrogen) atoms. The molecule has 5 heteroatoms. The van der Waals surface area contributed by atoms with Crippen molar-refractivity contribution in [2.24, 2.45) is 0 Å². The van der Waals surface area contributed by atoms with Crippen molar-refractivity contribution in [1.29, 1.82) is 0 Å². The lowest BCUT2D eigenvalue weighted by atomic mass is 10.5. The Morgan fingerprint density at radius 3 is 2.93 bits per heavy atom. The van der Waals surface area contributed by atoms with E-state index in [1.54, 1.807) is 6.26 Å². The van der Waals surface area contributed by atoms with E-state index in [0.29, 0.717) is 0 Å². The number of nitrogens with zero attached hydrogens (tertiary/aromatic N) is 2. The molecule has 1 heterocycles. The lowest BCUT2D eigenvalue weighted by molar-refractivity contribution is 0.684. The van der Waals surface area contributed by atoms with E-state index in [2.05, 4.69) is 21.8 Å². The Kier molecular flexibility index (Phi) is 4.81. The topological polar surface area (TPSA) is 46.9 Å². The third-order valence-corrected chi connectivity index (χ3v) is 2.99. The zero-order valence-electron chi connectivity index (χ0n) is 9.62. The summed E-state index contributed by atoms with van der Waals surface area (Å²) in [5, 5.41) is 3.26. The molecule has 0 amide bonds. The molecule has 1 N–H and O–H groups in total. The molecule has 86 valence electrons. The van der Waals surface area contributed by atoms with E-state index in [4.69, 9.17) is 0 Å². The van der Waals surface area contributed by atoms with Crippen LogP contribution in [0, 0.1) is 6.92 Å². The zero-order chi connectivity index (χ0) is 11.3. The van der Waals surface area contributed by atoms with E-state index < -0.39 is 10.8 Å². The molecule has 0 aliphatic rings. The number of anilines is 1. The second-order valence-electron chi connectivity index (χ2n) is 3.55. The van der Waals surface area contributed by atoms with Gasteiger partial charge in [0.2, 0.25) is 5.95 Å². The van der Waals surface area contributed by atoms with Crippen LogP contribution >= 0.6 is 0 Å². The van der Waals surface area contributed by atoms with Gasteiger partial charge in [-0.25, -0.2) is 4.98 Å². The number of hydrogen-bond acceptors (Lipinski definition) is 3. The van der Waals surface area contributed by atoms with E-state index in [9.17, 15) is 4.21 Å². The molecule has 1 aromatic rings. The SMILES string of the molecule is CCn1cc(C)nc1NCCCS(C)=O. The van der Waals surface area contributed by atoms with Crippen LogP contribution in [0.25, 0.3) is 0 Å². The number of nitrogens with one attached hydrogen (secondary N) is 1. The van der Waals surface area contributed by atoms with Crippen LogP contribution in [0.5, 0.6) is 0 Å². The lowest BCUT2D eigenvalue weighted by Gasteiger charge is -2.06. The molecule has 0 aromatic carbocycles. The number of hydrogen-bond donors (Lipinski definition) is 1. The predicted molar refractivity (Wildman–Crippen MR) is 64.7 cm³/mol. The molecule has 0 aliphatic carbocycles. The molecule has 0 saturated carbocycles. The van der Waals surface area contributed by atoms with Gasteiger partial charge in [0.25, 0.3) is 0 Å². The van der Waals surface area contributed by atoms with Gasteiger partial charge < -0.3 is 9.88 Å². The summed E-state index contributed by atoms with van der Waals surface area (Å²) in [4.78, 5) is 4.37. The third kappa shape index (κ3) is 4.03. The van der Waals surface area contributed by atoms with Gasteiger partial charge in [-0.3, -0.25) is 4.21 Å². The molecule has 0 saturated heterocycles. The van der Waals surface area contributed by atoms with Gasteiger partial charge >= 0.3 is 0 Å². The first-order valence-corrected chi connectivity index (χ1v) is 6.94. The summed E-state index contributed by atoms with van der Waals surface area (Å²) in [7, 11) is -0.693. The molecular weight excluding hydrogens is 210 g/mol. The fourth-order valence-corrected chi connectivity index (χ4v) is 1.96. The Morgan fingerprint density at radius 2 is 2.33 bits per heavy atom. The highest BCUT2D eigenvalue weighted by molar-refractivity contribution is 7.84. The van der Waals surface area contributed by atoms with Crippen LogP contribution in [0.1, 0.15) is 19.0 Å². The van der Waals surface area contributed by atoms with Crippen LogP contribution in [0.3, 0.4) is 0 Å². The van der Waals surface area contributed by atoms with Crippen molar-refractivity contribution >= 4 is 16.7 Å². The molecule has 1 unspecified atom stereocenters. The normalized spacial score (nSPS) is 12.7. The first-order valence-electron chi connectivity index (χ1n) is 5.21. The van der Waals surface area contributed by atoms with Crippen LogP contribution in [-0.4, -0.2) is 32.3 Å². The number of rotatable bonds is 6. The summed E-state index contributed by atoms with van der Waals surface area (Å²) in [6, 6.07) is 0. The molecule has 4 nitrogen and oxygen atoms in total. The molecule has 0 spiro atoms. The van der Waals surface area contributed by atoms with E-state index in [1.807, 2.05) is 13.1 Å². The van der Waals surface area contributed by atoms with Crippen molar-refractivity contribution < 1.29 is 4.21 Å². The molecule has 1 aromatic heterocycles. The van der Waals surface area contributed by atoms with Crippen molar-refractivity contribution in [3.63, 3.8) is 0 Å². The van der Waals surface area contributed by atoms with E-state index in [-0.39, 0.29) is 0 Å². The minimum absolute atomic E-state index is 0.693. The molecule has 1 atom stereocenters. The lowest BCUT2D eigenvalue weighted by Crippen LogP contribution is -2.10. The smallest absolute Gasteiger partial charge is 0.203 e. The van der Waals surface area contributed by atoms with Crippen LogP contribution in [0.2, 0.25) is 0 Å². The van der Waals surface area contributed by atoms with Crippen LogP contribution in [-0.2, 0) is 17.3 Å². The summed E-state index contributed by atoms with van der Waals surface area (Å²) < 4.78 is 12.9. The van der Waals surface area contributed by atoms with Crippen LogP contribution in [0.4, 0.5) is 5.95 Å². The van der Waals surface area contributed by atoms with Crippen molar-refractivity contribution in [2.45, 2.75) is 26.8 Å². The van der Waals surface area contributed by atoms with Crippen molar-refractivity contribution in [3.8, 4) is 0 Å². The van der Waals surface area contributed by atoms with E-state index in [1.165, 1.54) is 0 Å². The van der Waals surface area contributed by atoms with E-state index in [0.717, 1.165) is 36.9 Å². The quantitative estimate of drug-likeness (QED) is 0.750. The van der Waals surface area contributed by atoms with E-state index >= 15 is 0 Å². The average Bonchev–Trinajstić information content (AvgIpc) is 2.53. The fourth-order valence-electron chi connectivity index (χ4n) is 1.40. The van der Waals surface area contributed by atoms with Gasteiger partial charge in [-0.1, -0.05) is 0 Å². The van der Waals surface area contributed by atoms with Crippen LogP contribution < -0.4 is 5.32 Å². The largest absolute Gasteiger partial charge is 0.356 e. The highest BCUT2D eigenvalue weighted by Gasteiger charge is 2.02. The van der Waals surface area contributed by atoms with Gasteiger partial charge in [0.1, 0.15) is 0 Å². The second kappa shape index (κ2) is 5.90. The first kappa shape index (κ1) is 12.2. The number of aryl methyl sites for hydroxylation is 2. The average molecular weight is 229 g/mol. The number of aromatic nitrogens is 2. The van der Waals surface area contributed by atoms with Gasteiger partial charge in [-0.2, -0.15) is 0 Å². The van der Waals surface area contributed by atoms with Gasteiger partial charge in [-0.05, 0) is 20.3 Å². The molecule has 0 fully saturated rings.